The number of hydrogen-bond donors (Lipinski definition) is 1. The smallest absolute Gasteiger partial charge is 0.110 e. The molecule has 5 nitrogen and oxygen atoms in total. The highest BCUT2D eigenvalue weighted by Gasteiger charge is 2.17. The van der Waals surface area contributed by atoms with E-state index in [1.807, 2.05) is 31.0 Å². The maximum Gasteiger partial charge on any atom is 0.110 e. The predicted octanol–water partition coefficient (Wildman–Crippen LogP) is 1.84. The Morgan fingerprint density at radius 3 is 2.74 bits per heavy atom. The first-order valence-corrected chi connectivity index (χ1v) is 6.89. The van der Waals surface area contributed by atoms with Gasteiger partial charge in [0.05, 0.1) is 17.4 Å². The molecule has 0 aliphatic carbocycles. The lowest BCUT2D eigenvalue weighted by molar-refractivity contribution is 0.488. The van der Waals surface area contributed by atoms with Crippen LogP contribution in [0.4, 0.5) is 0 Å². The molecule has 0 fully saturated rings. The van der Waals surface area contributed by atoms with Crippen molar-refractivity contribution in [1.29, 1.82) is 0 Å². The Morgan fingerprint density at radius 2 is 2.16 bits per heavy atom. The first-order chi connectivity index (χ1) is 9.15. The molecule has 1 N–H and O–H groups in total. The number of likely N-dealkylation sites (N-methyl/N-ethyl adjacent to an activating group) is 1. The van der Waals surface area contributed by atoms with Crippen molar-refractivity contribution < 1.29 is 0 Å². The third-order valence-electron chi connectivity index (χ3n) is 3.37. The maximum absolute atomic E-state index is 4.46. The molecule has 1 unspecified atom stereocenters. The van der Waals surface area contributed by atoms with E-state index in [9.17, 15) is 0 Å². The number of aryl methyl sites for hydroxylation is 3. The largest absolute Gasteiger partial charge is 0.335 e. The van der Waals surface area contributed by atoms with Gasteiger partial charge in [-0.3, -0.25) is 4.68 Å². The number of aromatic nitrogens is 4. The molecule has 0 bridgehead atoms. The Morgan fingerprint density at radius 1 is 1.37 bits per heavy atom. The van der Waals surface area contributed by atoms with Crippen LogP contribution in [0.2, 0.25) is 0 Å². The second kappa shape index (κ2) is 6.02. The number of rotatable bonds is 6. The summed E-state index contributed by atoms with van der Waals surface area (Å²) in [6, 6.07) is 2.40. The maximum atomic E-state index is 4.46. The van der Waals surface area contributed by atoms with Crippen LogP contribution in [0.15, 0.2) is 18.5 Å². The van der Waals surface area contributed by atoms with Gasteiger partial charge in [-0.15, -0.1) is 0 Å². The second-order valence-electron chi connectivity index (χ2n) is 4.78. The van der Waals surface area contributed by atoms with Crippen molar-refractivity contribution in [1.82, 2.24) is 24.6 Å². The minimum absolute atomic E-state index is 0.254. The molecule has 0 radical (unpaired) electrons. The van der Waals surface area contributed by atoms with E-state index < -0.39 is 0 Å². The van der Waals surface area contributed by atoms with Crippen LogP contribution in [0.1, 0.15) is 37.1 Å². The van der Waals surface area contributed by atoms with Gasteiger partial charge >= 0.3 is 0 Å². The topological polar surface area (TPSA) is 47.7 Å². The monoisotopic (exact) mass is 261 g/mol. The van der Waals surface area contributed by atoms with E-state index in [4.69, 9.17) is 0 Å². The Labute approximate surface area is 114 Å². The predicted molar refractivity (Wildman–Crippen MR) is 76.0 cm³/mol. The molecule has 0 saturated carbocycles. The summed E-state index contributed by atoms with van der Waals surface area (Å²) in [6.07, 6.45) is 4.79. The Kier molecular flexibility index (Phi) is 4.37. The van der Waals surface area contributed by atoms with Crippen molar-refractivity contribution >= 4 is 0 Å². The van der Waals surface area contributed by atoms with Crippen LogP contribution in [0.25, 0.3) is 0 Å². The van der Waals surface area contributed by atoms with Crippen molar-refractivity contribution in [2.45, 2.75) is 39.8 Å². The van der Waals surface area contributed by atoms with Gasteiger partial charge in [-0.1, -0.05) is 6.92 Å². The zero-order valence-corrected chi connectivity index (χ0v) is 12.2. The Balaban J connectivity index is 2.23. The fourth-order valence-corrected chi connectivity index (χ4v) is 2.48. The molecule has 0 spiro atoms. The lowest BCUT2D eigenvalue weighted by atomic mass is 10.1. The van der Waals surface area contributed by atoms with E-state index >= 15 is 0 Å². The van der Waals surface area contributed by atoms with Crippen molar-refractivity contribution in [3.05, 3.63) is 35.7 Å². The average molecular weight is 261 g/mol. The number of nitrogens with one attached hydrogen (secondary N) is 1. The second-order valence-corrected chi connectivity index (χ2v) is 4.78. The van der Waals surface area contributed by atoms with Gasteiger partial charge in [-0.2, -0.15) is 5.10 Å². The zero-order valence-electron chi connectivity index (χ0n) is 12.2. The number of imidazole rings is 1. The zero-order chi connectivity index (χ0) is 13.8. The van der Waals surface area contributed by atoms with Crippen LogP contribution in [0.3, 0.4) is 0 Å². The van der Waals surface area contributed by atoms with Gasteiger partial charge < -0.3 is 9.88 Å². The highest BCUT2D eigenvalue weighted by atomic mass is 15.3. The van der Waals surface area contributed by atoms with Crippen LogP contribution >= 0.6 is 0 Å². The fourth-order valence-electron chi connectivity index (χ4n) is 2.48. The van der Waals surface area contributed by atoms with Crippen LogP contribution in [-0.2, 0) is 20.0 Å². The van der Waals surface area contributed by atoms with E-state index in [1.54, 1.807) is 0 Å². The van der Waals surface area contributed by atoms with Crippen LogP contribution in [0, 0.1) is 6.92 Å². The van der Waals surface area contributed by atoms with E-state index in [1.165, 1.54) is 5.69 Å². The highest BCUT2D eigenvalue weighted by molar-refractivity contribution is 5.15. The molecule has 104 valence electrons. The molecule has 2 rings (SSSR count). The summed E-state index contributed by atoms with van der Waals surface area (Å²) < 4.78 is 4.15. The lowest BCUT2D eigenvalue weighted by Crippen LogP contribution is -2.26. The fraction of sp³-hybridized carbons (Fsp3) is 0.571. The summed E-state index contributed by atoms with van der Waals surface area (Å²) in [6.45, 7) is 8.18. The van der Waals surface area contributed by atoms with E-state index in [2.05, 4.69) is 39.9 Å². The first kappa shape index (κ1) is 13.8. The highest BCUT2D eigenvalue weighted by Crippen LogP contribution is 2.18. The number of nitrogens with zero attached hydrogens (tertiary/aromatic N) is 4. The summed E-state index contributed by atoms with van der Waals surface area (Å²) >= 11 is 0. The normalized spacial score (nSPS) is 12.8. The minimum Gasteiger partial charge on any atom is -0.335 e. The molecule has 2 aromatic heterocycles. The summed E-state index contributed by atoms with van der Waals surface area (Å²) in [5.41, 5.74) is 2.27. The Hall–Kier alpha value is -1.62. The molecule has 2 heterocycles. The number of hydrogen-bond acceptors (Lipinski definition) is 3. The summed E-state index contributed by atoms with van der Waals surface area (Å²) in [7, 11) is 2.00. The van der Waals surface area contributed by atoms with Crippen LogP contribution < -0.4 is 5.32 Å². The van der Waals surface area contributed by atoms with E-state index in [0.717, 1.165) is 31.0 Å². The Bertz CT molecular complexity index is 526. The van der Waals surface area contributed by atoms with Gasteiger partial charge in [0.15, 0.2) is 0 Å². The van der Waals surface area contributed by atoms with Gasteiger partial charge in [0.1, 0.15) is 5.82 Å². The summed E-state index contributed by atoms with van der Waals surface area (Å²) in [5.74, 6) is 1.12. The molecule has 0 saturated heterocycles. The molecule has 0 amide bonds. The molecule has 0 aromatic carbocycles. The molecule has 2 aromatic rings. The van der Waals surface area contributed by atoms with Crippen molar-refractivity contribution in [2.24, 2.45) is 7.05 Å². The molecule has 0 aliphatic rings. The molecule has 19 heavy (non-hydrogen) atoms. The average Bonchev–Trinajstić information content (AvgIpc) is 2.95. The van der Waals surface area contributed by atoms with Crippen molar-refractivity contribution in [3.8, 4) is 0 Å². The van der Waals surface area contributed by atoms with Crippen LogP contribution in [0.5, 0.6) is 0 Å². The van der Waals surface area contributed by atoms with Crippen molar-refractivity contribution in [2.75, 3.05) is 6.54 Å². The minimum atomic E-state index is 0.254. The van der Waals surface area contributed by atoms with Gasteiger partial charge in [-0.05, 0) is 26.5 Å². The first-order valence-electron chi connectivity index (χ1n) is 6.89. The molecular formula is C14H23N5. The van der Waals surface area contributed by atoms with Crippen molar-refractivity contribution in [3.63, 3.8) is 0 Å². The quantitative estimate of drug-likeness (QED) is 0.863. The van der Waals surface area contributed by atoms with Gasteiger partial charge in [0.2, 0.25) is 0 Å². The summed E-state index contributed by atoms with van der Waals surface area (Å²) in [4.78, 5) is 4.46. The van der Waals surface area contributed by atoms with E-state index in [-0.39, 0.29) is 6.04 Å². The van der Waals surface area contributed by atoms with Crippen LogP contribution in [-0.4, -0.2) is 25.9 Å². The summed E-state index contributed by atoms with van der Waals surface area (Å²) in [5, 5.41) is 7.96. The standard InChI is InChI=1S/C14H23N5/c1-5-15-12(13-9-11(3)17-18(13)4)10-14-16-7-8-19(14)6-2/h7-9,12,15H,5-6,10H2,1-4H3. The molecular weight excluding hydrogens is 238 g/mol. The molecule has 1 atom stereocenters. The third kappa shape index (κ3) is 3.04. The molecule has 0 aliphatic heterocycles. The third-order valence-corrected chi connectivity index (χ3v) is 3.37. The van der Waals surface area contributed by atoms with Gasteiger partial charge in [0.25, 0.3) is 0 Å². The van der Waals surface area contributed by atoms with E-state index in [0.29, 0.717) is 0 Å². The SMILES string of the molecule is CCNC(Cc1nccn1CC)c1cc(C)nn1C. The van der Waals surface area contributed by atoms with Gasteiger partial charge in [0, 0.05) is 32.4 Å². The molecule has 5 heteroatoms. The lowest BCUT2D eigenvalue weighted by Gasteiger charge is -2.18. The van der Waals surface area contributed by atoms with Gasteiger partial charge in [-0.25, -0.2) is 4.98 Å².